The van der Waals surface area contributed by atoms with Crippen molar-refractivity contribution in [3.63, 3.8) is 0 Å². The predicted molar refractivity (Wildman–Crippen MR) is 62.5 cm³/mol. The number of amides is 2. The zero-order chi connectivity index (χ0) is 11.4. The maximum absolute atomic E-state index is 11.5. The molecule has 0 atom stereocenters. The van der Waals surface area contributed by atoms with Gasteiger partial charge in [0.15, 0.2) is 5.65 Å². The van der Waals surface area contributed by atoms with Gasteiger partial charge in [-0.3, -0.25) is 0 Å². The average Bonchev–Trinajstić information content (AvgIpc) is 2.75. The summed E-state index contributed by atoms with van der Waals surface area (Å²) in [5, 5.41) is 5.52. The van der Waals surface area contributed by atoms with Crippen LogP contribution in [0.25, 0.3) is 5.65 Å². The van der Waals surface area contributed by atoms with Crippen molar-refractivity contribution in [2.45, 2.75) is 13.3 Å². The third-order valence-electron chi connectivity index (χ3n) is 2.20. The monoisotopic (exact) mass is 218 g/mol. The Kier molecular flexibility index (Phi) is 3.05. The molecule has 2 heterocycles. The maximum atomic E-state index is 11.5. The van der Waals surface area contributed by atoms with Crippen LogP contribution < -0.4 is 10.6 Å². The van der Waals surface area contributed by atoms with Gasteiger partial charge in [-0.05, 0) is 18.6 Å². The van der Waals surface area contributed by atoms with Gasteiger partial charge in [0, 0.05) is 25.1 Å². The Bertz CT molecular complexity index is 491. The van der Waals surface area contributed by atoms with Crippen molar-refractivity contribution in [1.29, 1.82) is 0 Å². The van der Waals surface area contributed by atoms with E-state index >= 15 is 0 Å². The number of nitrogens with one attached hydrogen (secondary N) is 2. The van der Waals surface area contributed by atoms with E-state index in [0.717, 1.165) is 12.1 Å². The Balaban J connectivity index is 2.14. The van der Waals surface area contributed by atoms with Gasteiger partial charge in [-0.1, -0.05) is 6.92 Å². The highest BCUT2D eigenvalue weighted by molar-refractivity contribution is 5.92. The Morgan fingerprint density at radius 3 is 3.19 bits per heavy atom. The molecular weight excluding hydrogens is 204 g/mol. The number of nitrogens with zero attached hydrogens (tertiary/aromatic N) is 2. The largest absolute Gasteiger partial charge is 0.338 e. The lowest BCUT2D eigenvalue weighted by atomic mass is 10.4. The molecule has 0 saturated carbocycles. The molecule has 84 valence electrons. The number of imidazole rings is 1. The molecule has 5 nitrogen and oxygen atoms in total. The SMILES string of the molecule is CCCNC(=O)Nc1cccn2ccnc12. The number of hydrogen-bond acceptors (Lipinski definition) is 2. The number of fused-ring (bicyclic) bond motifs is 1. The molecule has 5 heteroatoms. The van der Waals surface area contributed by atoms with Crippen molar-refractivity contribution in [3.05, 3.63) is 30.7 Å². The van der Waals surface area contributed by atoms with E-state index in [1.807, 2.05) is 35.9 Å². The number of rotatable bonds is 3. The number of carbonyl (C=O) groups excluding carboxylic acids is 1. The highest BCUT2D eigenvalue weighted by Crippen LogP contribution is 2.13. The van der Waals surface area contributed by atoms with Gasteiger partial charge in [0.05, 0.1) is 5.69 Å². The Hall–Kier alpha value is -2.04. The quantitative estimate of drug-likeness (QED) is 0.826. The molecule has 0 radical (unpaired) electrons. The van der Waals surface area contributed by atoms with Gasteiger partial charge in [0.25, 0.3) is 0 Å². The highest BCUT2D eigenvalue weighted by atomic mass is 16.2. The first-order valence-corrected chi connectivity index (χ1v) is 5.28. The first-order valence-electron chi connectivity index (χ1n) is 5.28. The second kappa shape index (κ2) is 4.65. The summed E-state index contributed by atoms with van der Waals surface area (Å²) in [6, 6.07) is 3.50. The molecule has 0 bridgehead atoms. The molecule has 0 spiro atoms. The molecule has 2 rings (SSSR count). The number of anilines is 1. The van der Waals surface area contributed by atoms with Gasteiger partial charge in [-0.25, -0.2) is 9.78 Å². The molecule has 2 aromatic rings. The smallest absolute Gasteiger partial charge is 0.319 e. The van der Waals surface area contributed by atoms with Gasteiger partial charge in [-0.15, -0.1) is 0 Å². The van der Waals surface area contributed by atoms with Gasteiger partial charge < -0.3 is 15.0 Å². The highest BCUT2D eigenvalue weighted by Gasteiger charge is 2.05. The van der Waals surface area contributed by atoms with Gasteiger partial charge in [0.1, 0.15) is 0 Å². The average molecular weight is 218 g/mol. The predicted octanol–water partition coefficient (Wildman–Crippen LogP) is 1.87. The van der Waals surface area contributed by atoms with Gasteiger partial charge in [0.2, 0.25) is 0 Å². The van der Waals surface area contributed by atoms with Crippen molar-refractivity contribution < 1.29 is 4.79 Å². The molecule has 2 N–H and O–H groups in total. The summed E-state index contributed by atoms with van der Waals surface area (Å²) in [6.07, 6.45) is 6.34. The number of hydrogen-bond donors (Lipinski definition) is 2. The molecule has 0 fully saturated rings. The summed E-state index contributed by atoms with van der Waals surface area (Å²) < 4.78 is 1.86. The van der Waals surface area contributed by atoms with Crippen LogP contribution in [0.2, 0.25) is 0 Å². The zero-order valence-corrected chi connectivity index (χ0v) is 9.10. The van der Waals surface area contributed by atoms with Gasteiger partial charge >= 0.3 is 6.03 Å². The van der Waals surface area contributed by atoms with Crippen LogP contribution >= 0.6 is 0 Å². The molecule has 0 unspecified atom stereocenters. The summed E-state index contributed by atoms with van der Waals surface area (Å²) in [7, 11) is 0. The van der Waals surface area contributed by atoms with Crippen LogP contribution in [-0.4, -0.2) is 22.0 Å². The second-order valence-corrected chi connectivity index (χ2v) is 3.46. The summed E-state index contributed by atoms with van der Waals surface area (Å²) in [5.74, 6) is 0. The molecule has 0 saturated heterocycles. The van der Waals surface area contributed by atoms with E-state index in [9.17, 15) is 4.79 Å². The topological polar surface area (TPSA) is 58.4 Å². The molecule has 0 aliphatic heterocycles. The Morgan fingerprint density at radius 2 is 2.38 bits per heavy atom. The fourth-order valence-electron chi connectivity index (χ4n) is 1.45. The lowest BCUT2D eigenvalue weighted by Gasteiger charge is -2.07. The Morgan fingerprint density at radius 1 is 1.50 bits per heavy atom. The van der Waals surface area contributed by atoms with E-state index in [-0.39, 0.29) is 6.03 Å². The maximum Gasteiger partial charge on any atom is 0.319 e. The second-order valence-electron chi connectivity index (χ2n) is 3.46. The van der Waals surface area contributed by atoms with Crippen LogP contribution in [0, 0.1) is 0 Å². The van der Waals surface area contributed by atoms with Crippen molar-refractivity contribution in [1.82, 2.24) is 14.7 Å². The summed E-state index contributed by atoms with van der Waals surface area (Å²) in [4.78, 5) is 15.7. The van der Waals surface area contributed by atoms with Crippen LogP contribution in [0.4, 0.5) is 10.5 Å². The fourth-order valence-corrected chi connectivity index (χ4v) is 1.45. The van der Waals surface area contributed by atoms with Crippen molar-refractivity contribution in [3.8, 4) is 0 Å². The summed E-state index contributed by atoms with van der Waals surface area (Å²) in [6.45, 7) is 2.68. The van der Waals surface area contributed by atoms with Crippen molar-refractivity contribution in [2.75, 3.05) is 11.9 Å². The minimum absolute atomic E-state index is 0.196. The standard InChI is InChI=1S/C11H14N4O/c1-2-5-13-11(16)14-9-4-3-7-15-8-6-12-10(9)15/h3-4,6-8H,2,5H2,1H3,(H2,13,14,16). The molecule has 0 aliphatic carbocycles. The van der Waals surface area contributed by atoms with Crippen LogP contribution in [0.5, 0.6) is 0 Å². The van der Waals surface area contributed by atoms with E-state index in [4.69, 9.17) is 0 Å². The van der Waals surface area contributed by atoms with Crippen molar-refractivity contribution >= 4 is 17.4 Å². The molecule has 0 aromatic carbocycles. The number of pyridine rings is 1. The van der Waals surface area contributed by atoms with Crippen LogP contribution in [0.1, 0.15) is 13.3 Å². The van der Waals surface area contributed by atoms with Crippen LogP contribution in [0.15, 0.2) is 30.7 Å². The van der Waals surface area contributed by atoms with E-state index in [2.05, 4.69) is 15.6 Å². The van der Waals surface area contributed by atoms with E-state index < -0.39 is 0 Å². The number of urea groups is 1. The summed E-state index contributed by atoms with van der Waals surface area (Å²) in [5.41, 5.74) is 1.45. The molecule has 0 aliphatic rings. The van der Waals surface area contributed by atoms with Gasteiger partial charge in [-0.2, -0.15) is 0 Å². The first kappa shape index (κ1) is 10.5. The molecule has 16 heavy (non-hydrogen) atoms. The fraction of sp³-hybridized carbons (Fsp3) is 0.273. The molecule has 2 amide bonds. The number of aromatic nitrogens is 2. The molecule has 2 aromatic heterocycles. The lowest BCUT2D eigenvalue weighted by Crippen LogP contribution is -2.29. The van der Waals surface area contributed by atoms with E-state index in [0.29, 0.717) is 12.2 Å². The van der Waals surface area contributed by atoms with E-state index in [1.54, 1.807) is 6.20 Å². The minimum Gasteiger partial charge on any atom is -0.338 e. The first-order chi connectivity index (χ1) is 7.81. The normalized spacial score (nSPS) is 10.3. The van der Waals surface area contributed by atoms with Crippen LogP contribution in [0.3, 0.4) is 0 Å². The van der Waals surface area contributed by atoms with E-state index in [1.165, 1.54) is 0 Å². The molecular formula is C11H14N4O. The number of carbonyl (C=O) groups is 1. The lowest BCUT2D eigenvalue weighted by molar-refractivity contribution is 0.252. The third-order valence-corrected chi connectivity index (χ3v) is 2.20. The van der Waals surface area contributed by atoms with Crippen molar-refractivity contribution in [2.24, 2.45) is 0 Å². The third kappa shape index (κ3) is 2.13. The Labute approximate surface area is 93.5 Å². The minimum atomic E-state index is -0.196. The van der Waals surface area contributed by atoms with Crippen LogP contribution in [-0.2, 0) is 0 Å². The zero-order valence-electron chi connectivity index (χ0n) is 9.10. The summed E-state index contributed by atoms with van der Waals surface area (Å²) >= 11 is 0.